The van der Waals surface area contributed by atoms with Crippen LogP contribution in [-0.2, 0) is 22.2 Å². The molecule has 0 aliphatic carbocycles. The van der Waals surface area contributed by atoms with E-state index in [0.717, 1.165) is 12.1 Å². The van der Waals surface area contributed by atoms with Crippen LogP contribution in [0.3, 0.4) is 0 Å². The highest BCUT2D eigenvalue weighted by atomic mass is 19.4. The number of imide groups is 1. The third kappa shape index (κ3) is 6.86. The van der Waals surface area contributed by atoms with Gasteiger partial charge in [0.15, 0.2) is 11.6 Å². The summed E-state index contributed by atoms with van der Waals surface area (Å²) in [5.41, 5.74) is -3.22. The fraction of sp³-hybridized carbons (Fsp3) is 0.500. The second kappa shape index (κ2) is 8.94. The lowest BCUT2D eigenvalue weighted by Gasteiger charge is -2.28. The molecule has 1 aromatic heterocycles. The third-order valence-corrected chi connectivity index (χ3v) is 3.63. The molecule has 33 heavy (non-hydrogen) atoms. The van der Waals surface area contributed by atoms with Gasteiger partial charge < -0.3 is 14.0 Å². The monoisotopic (exact) mass is 479 g/mol. The molecule has 0 aliphatic heterocycles. The number of carbonyl (C=O) groups is 2. The molecule has 0 saturated heterocycles. The summed E-state index contributed by atoms with van der Waals surface area (Å²) in [4.78, 5) is 28.5. The van der Waals surface area contributed by atoms with Crippen LogP contribution < -0.4 is 0 Å². The number of ether oxygens (including phenoxy) is 2. The lowest BCUT2D eigenvalue weighted by Crippen LogP contribution is -2.43. The number of alkyl halides is 3. The van der Waals surface area contributed by atoms with Crippen LogP contribution in [0.1, 0.15) is 53.0 Å². The van der Waals surface area contributed by atoms with Crippen molar-refractivity contribution in [3.8, 4) is 11.4 Å². The second-order valence-corrected chi connectivity index (χ2v) is 8.87. The average molecular weight is 479 g/mol. The Morgan fingerprint density at radius 1 is 0.939 bits per heavy atom. The number of rotatable bonds is 3. The number of amides is 2. The van der Waals surface area contributed by atoms with Gasteiger partial charge in [-0.15, -0.1) is 0 Å². The Bertz CT molecular complexity index is 1010. The fourth-order valence-corrected chi connectivity index (χ4v) is 2.34. The van der Waals surface area contributed by atoms with Crippen LogP contribution in [0.15, 0.2) is 16.7 Å². The van der Waals surface area contributed by atoms with E-state index in [-0.39, 0.29) is 0 Å². The molecule has 0 aliphatic rings. The zero-order valence-corrected chi connectivity index (χ0v) is 18.6. The Morgan fingerprint density at radius 2 is 1.45 bits per heavy atom. The summed E-state index contributed by atoms with van der Waals surface area (Å²) in [7, 11) is 0. The van der Waals surface area contributed by atoms with Crippen molar-refractivity contribution in [3.05, 3.63) is 35.2 Å². The summed E-state index contributed by atoms with van der Waals surface area (Å²) in [5, 5.41) is 3.01. The van der Waals surface area contributed by atoms with E-state index in [4.69, 9.17) is 9.47 Å². The van der Waals surface area contributed by atoms with E-state index in [1.165, 1.54) is 41.5 Å². The molecule has 2 rings (SSSR count). The second-order valence-electron chi connectivity index (χ2n) is 8.87. The van der Waals surface area contributed by atoms with Crippen LogP contribution in [0.25, 0.3) is 11.4 Å². The molecule has 0 bridgehead atoms. The summed E-state index contributed by atoms with van der Waals surface area (Å²) < 4.78 is 81.6. The summed E-state index contributed by atoms with van der Waals surface area (Å²) in [6.45, 7) is 8.43. The molecule has 0 atom stereocenters. The number of halogens is 5. The van der Waals surface area contributed by atoms with Gasteiger partial charge in [0.2, 0.25) is 5.82 Å². The predicted octanol–water partition coefficient (Wildman–Crippen LogP) is 5.71. The maximum atomic E-state index is 14.7. The molecule has 0 saturated carbocycles. The maximum Gasteiger partial charge on any atom is 0.471 e. The number of hydrogen-bond acceptors (Lipinski definition) is 7. The van der Waals surface area contributed by atoms with Crippen molar-refractivity contribution in [2.75, 3.05) is 0 Å². The molecule has 182 valence electrons. The first-order valence-corrected chi connectivity index (χ1v) is 9.50. The molecule has 1 heterocycles. The minimum Gasteiger partial charge on any atom is -0.443 e. The van der Waals surface area contributed by atoms with Crippen LogP contribution in [0, 0.1) is 11.6 Å². The normalized spacial score (nSPS) is 12.5. The number of carbonyl (C=O) groups excluding carboxylic acids is 2. The molecular formula is C20H22F5N3O5. The summed E-state index contributed by atoms with van der Waals surface area (Å²) in [5.74, 6) is -5.71. The molecule has 2 aromatic rings. The molecule has 0 fully saturated rings. The molecular weight excluding hydrogens is 457 g/mol. The van der Waals surface area contributed by atoms with Crippen LogP contribution in [0.5, 0.6) is 0 Å². The zero-order chi connectivity index (χ0) is 25.4. The zero-order valence-electron chi connectivity index (χ0n) is 18.6. The van der Waals surface area contributed by atoms with Crippen LogP contribution in [0.2, 0.25) is 0 Å². The Balaban J connectivity index is 2.40. The Morgan fingerprint density at radius 3 is 1.88 bits per heavy atom. The lowest BCUT2D eigenvalue weighted by atomic mass is 10.1. The first-order chi connectivity index (χ1) is 14.9. The standard InChI is InChI=1S/C20H22F5N3O5/c1-18(2,3)31-16(29)28(17(30)32-19(4,5)6)9-10-7-8-11(13(22)12(10)21)14-26-15(33-27-14)20(23,24)25/h7-8H,9H2,1-6H3. The summed E-state index contributed by atoms with van der Waals surface area (Å²) >= 11 is 0. The smallest absolute Gasteiger partial charge is 0.443 e. The highest BCUT2D eigenvalue weighted by Crippen LogP contribution is 2.31. The highest BCUT2D eigenvalue weighted by Gasteiger charge is 2.39. The van der Waals surface area contributed by atoms with Crippen molar-refractivity contribution >= 4 is 12.2 Å². The molecule has 0 spiro atoms. The molecule has 0 unspecified atom stereocenters. The fourth-order valence-electron chi connectivity index (χ4n) is 2.34. The maximum absolute atomic E-state index is 14.7. The van der Waals surface area contributed by atoms with E-state index >= 15 is 0 Å². The number of nitrogens with zero attached hydrogens (tertiary/aromatic N) is 3. The van der Waals surface area contributed by atoms with E-state index < -0.39 is 70.6 Å². The van der Waals surface area contributed by atoms with E-state index in [9.17, 15) is 31.5 Å². The molecule has 8 nitrogen and oxygen atoms in total. The van der Waals surface area contributed by atoms with E-state index in [1.54, 1.807) is 0 Å². The third-order valence-electron chi connectivity index (χ3n) is 3.63. The van der Waals surface area contributed by atoms with Crippen LogP contribution in [-0.4, -0.2) is 38.4 Å². The summed E-state index contributed by atoms with van der Waals surface area (Å²) in [6.07, 6.45) is -7.32. The highest BCUT2D eigenvalue weighted by molar-refractivity contribution is 5.88. The van der Waals surface area contributed by atoms with Crippen LogP contribution >= 0.6 is 0 Å². The number of benzene rings is 1. The van der Waals surface area contributed by atoms with E-state index in [0.29, 0.717) is 4.90 Å². The van der Waals surface area contributed by atoms with Crippen molar-refractivity contribution in [2.24, 2.45) is 0 Å². The van der Waals surface area contributed by atoms with Gasteiger partial charge in [0, 0.05) is 5.56 Å². The van der Waals surface area contributed by atoms with Gasteiger partial charge in [0.1, 0.15) is 11.2 Å². The van der Waals surface area contributed by atoms with Gasteiger partial charge in [-0.1, -0.05) is 11.2 Å². The number of hydrogen-bond donors (Lipinski definition) is 0. The molecule has 0 radical (unpaired) electrons. The van der Waals surface area contributed by atoms with E-state index in [2.05, 4.69) is 14.7 Å². The van der Waals surface area contributed by atoms with Gasteiger partial charge >= 0.3 is 24.3 Å². The van der Waals surface area contributed by atoms with E-state index in [1.807, 2.05) is 0 Å². The quantitative estimate of drug-likeness (QED) is 0.521. The molecule has 0 N–H and O–H groups in total. The summed E-state index contributed by atoms with van der Waals surface area (Å²) in [6, 6.07) is 1.85. The molecule has 13 heteroatoms. The SMILES string of the molecule is CC(C)(C)OC(=O)N(Cc1ccc(-c2noc(C(F)(F)F)n2)c(F)c1F)C(=O)OC(C)(C)C. The lowest BCUT2D eigenvalue weighted by molar-refractivity contribution is -0.159. The van der Waals surface area contributed by atoms with Crippen molar-refractivity contribution < 1.29 is 45.5 Å². The Hall–Kier alpha value is -3.25. The van der Waals surface area contributed by atoms with Gasteiger partial charge in [-0.05, 0) is 47.6 Å². The Labute approximate surface area is 185 Å². The Kier molecular flexibility index (Phi) is 7.05. The van der Waals surface area contributed by atoms with Gasteiger partial charge in [-0.25, -0.2) is 23.3 Å². The minimum absolute atomic E-state index is 0.435. The first-order valence-electron chi connectivity index (χ1n) is 9.50. The van der Waals surface area contributed by atoms with Gasteiger partial charge in [-0.3, -0.25) is 0 Å². The topological polar surface area (TPSA) is 94.8 Å². The minimum atomic E-state index is -4.97. The van der Waals surface area contributed by atoms with Gasteiger partial charge in [-0.2, -0.15) is 18.2 Å². The van der Waals surface area contributed by atoms with Crippen molar-refractivity contribution in [2.45, 2.75) is 65.5 Å². The molecule has 2 amide bonds. The van der Waals surface area contributed by atoms with Crippen molar-refractivity contribution in [1.82, 2.24) is 15.0 Å². The van der Waals surface area contributed by atoms with Crippen LogP contribution in [0.4, 0.5) is 31.5 Å². The number of aromatic nitrogens is 2. The van der Waals surface area contributed by atoms with Crippen molar-refractivity contribution in [3.63, 3.8) is 0 Å². The van der Waals surface area contributed by atoms with Crippen molar-refractivity contribution in [1.29, 1.82) is 0 Å². The van der Waals surface area contributed by atoms with Gasteiger partial charge in [0.25, 0.3) is 0 Å². The molecule has 1 aromatic carbocycles. The largest absolute Gasteiger partial charge is 0.471 e. The van der Waals surface area contributed by atoms with Gasteiger partial charge in [0.05, 0.1) is 12.1 Å². The predicted molar refractivity (Wildman–Crippen MR) is 103 cm³/mol. The first kappa shape index (κ1) is 26.0. The average Bonchev–Trinajstić information content (AvgIpc) is 3.10.